The molecular weight excluding hydrogens is 305 g/mol. The van der Waals surface area contributed by atoms with Crippen molar-refractivity contribution in [3.05, 3.63) is 33.8 Å². The van der Waals surface area contributed by atoms with E-state index in [1.165, 1.54) is 12.8 Å². The molecule has 1 aliphatic carbocycles. The molecule has 2 rings (SSSR count). The molecular formula is C17H25Cl2NO. The van der Waals surface area contributed by atoms with Gasteiger partial charge < -0.3 is 10.5 Å². The molecule has 0 saturated heterocycles. The second-order valence-electron chi connectivity index (χ2n) is 6.23. The lowest BCUT2D eigenvalue weighted by Gasteiger charge is -2.43. The van der Waals surface area contributed by atoms with Crippen LogP contribution >= 0.6 is 23.2 Å². The van der Waals surface area contributed by atoms with Gasteiger partial charge in [0.15, 0.2) is 0 Å². The van der Waals surface area contributed by atoms with Crippen LogP contribution in [0.4, 0.5) is 0 Å². The fraction of sp³-hybridized carbons (Fsp3) is 0.647. The second-order valence-corrected chi connectivity index (χ2v) is 7.07. The van der Waals surface area contributed by atoms with Gasteiger partial charge >= 0.3 is 0 Å². The Morgan fingerprint density at radius 2 is 2.00 bits per heavy atom. The number of benzene rings is 1. The highest BCUT2D eigenvalue weighted by molar-refractivity contribution is 6.35. The van der Waals surface area contributed by atoms with Crippen molar-refractivity contribution in [2.75, 3.05) is 6.61 Å². The minimum Gasteiger partial charge on any atom is -0.374 e. The monoisotopic (exact) mass is 329 g/mol. The molecule has 2 N–H and O–H groups in total. The van der Waals surface area contributed by atoms with Gasteiger partial charge in [-0.25, -0.2) is 0 Å². The van der Waals surface area contributed by atoms with Crippen molar-refractivity contribution in [3.8, 4) is 0 Å². The molecule has 1 aliphatic rings. The number of ether oxygens (including phenoxy) is 1. The van der Waals surface area contributed by atoms with Gasteiger partial charge in [-0.05, 0) is 62.6 Å². The molecule has 0 bridgehead atoms. The normalized spacial score (nSPS) is 27.6. The standard InChI is InChI=1S/C17H25Cl2NO/c1-3-21-17(8-6-12(2)7-9-17)16(20)10-13-4-5-14(18)11-15(13)19/h4-5,11-12,16H,3,6-10,20H2,1-2H3. The molecule has 0 aliphatic heterocycles. The molecule has 4 heteroatoms. The van der Waals surface area contributed by atoms with Crippen LogP contribution in [-0.2, 0) is 11.2 Å². The van der Waals surface area contributed by atoms with E-state index in [-0.39, 0.29) is 11.6 Å². The highest BCUT2D eigenvalue weighted by Crippen LogP contribution is 2.38. The lowest BCUT2D eigenvalue weighted by atomic mass is 9.74. The molecule has 2 nitrogen and oxygen atoms in total. The summed E-state index contributed by atoms with van der Waals surface area (Å²) in [6.07, 6.45) is 5.16. The van der Waals surface area contributed by atoms with Gasteiger partial charge in [-0.1, -0.05) is 36.2 Å². The predicted molar refractivity (Wildman–Crippen MR) is 90.1 cm³/mol. The molecule has 0 spiro atoms. The molecule has 1 atom stereocenters. The molecule has 0 heterocycles. The summed E-state index contributed by atoms with van der Waals surface area (Å²) < 4.78 is 6.12. The van der Waals surface area contributed by atoms with Gasteiger partial charge in [0, 0.05) is 22.7 Å². The first-order chi connectivity index (χ1) is 9.97. The Labute approximate surface area is 137 Å². The Hall–Kier alpha value is -0.280. The van der Waals surface area contributed by atoms with Crippen molar-refractivity contribution in [1.29, 1.82) is 0 Å². The number of hydrogen-bond donors (Lipinski definition) is 1. The Bertz CT molecular complexity index is 470. The fourth-order valence-electron chi connectivity index (χ4n) is 3.27. The summed E-state index contributed by atoms with van der Waals surface area (Å²) in [4.78, 5) is 0. The van der Waals surface area contributed by atoms with E-state index in [1.54, 1.807) is 6.07 Å². The van der Waals surface area contributed by atoms with Crippen LogP contribution in [0.2, 0.25) is 10.0 Å². The van der Waals surface area contributed by atoms with E-state index in [1.807, 2.05) is 19.1 Å². The summed E-state index contributed by atoms with van der Waals surface area (Å²) in [6, 6.07) is 5.58. The van der Waals surface area contributed by atoms with Crippen LogP contribution in [0.25, 0.3) is 0 Å². The first-order valence-electron chi connectivity index (χ1n) is 7.80. The summed E-state index contributed by atoms with van der Waals surface area (Å²) in [5, 5.41) is 1.34. The second kappa shape index (κ2) is 7.32. The molecule has 1 aromatic rings. The maximum absolute atomic E-state index is 6.54. The first kappa shape index (κ1) is 17.1. The summed E-state index contributed by atoms with van der Waals surface area (Å²) in [7, 11) is 0. The summed E-state index contributed by atoms with van der Waals surface area (Å²) >= 11 is 12.2. The third kappa shape index (κ3) is 4.13. The zero-order valence-corrected chi connectivity index (χ0v) is 14.4. The summed E-state index contributed by atoms with van der Waals surface area (Å²) in [5.41, 5.74) is 7.38. The molecule has 1 unspecified atom stereocenters. The topological polar surface area (TPSA) is 35.2 Å². The quantitative estimate of drug-likeness (QED) is 0.838. The van der Waals surface area contributed by atoms with Gasteiger partial charge in [0.25, 0.3) is 0 Å². The van der Waals surface area contributed by atoms with Crippen molar-refractivity contribution in [2.45, 2.75) is 57.6 Å². The number of nitrogens with two attached hydrogens (primary N) is 1. The molecule has 21 heavy (non-hydrogen) atoms. The van der Waals surface area contributed by atoms with Gasteiger partial charge in [0.2, 0.25) is 0 Å². The van der Waals surface area contributed by atoms with E-state index in [9.17, 15) is 0 Å². The highest BCUT2D eigenvalue weighted by atomic mass is 35.5. The van der Waals surface area contributed by atoms with Crippen LogP contribution in [-0.4, -0.2) is 18.2 Å². The molecule has 1 saturated carbocycles. The highest BCUT2D eigenvalue weighted by Gasteiger charge is 2.40. The minimum atomic E-state index is -0.204. The average Bonchev–Trinajstić information content (AvgIpc) is 2.45. The number of rotatable bonds is 5. The maximum atomic E-state index is 6.54. The lowest BCUT2D eigenvalue weighted by molar-refractivity contribution is -0.0883. The van der Waals surface area contributed by atoms with Crippen LogP contribution < -0.4 is 5.73 Å². The largest absolute Gasteiger partial charge is 0.374 e. The lowest BCUT2D eigenvalue weighted by Crippen LogP contribution is -2.53. The zero-order chi connectivity index (χ0) is 15.5. The van der Waals surface area contributed by atoms with Crippen molar-refractivity contribution < 1.29 is 4.74 Å². The van der Waals surface area contributed by atoms with Crippen molar-refractivity contribution >= 4 is 23.2 Å². The summed E-state index contributed by atoms with van der Waals surface area (Å²) in [5.74, 6) is 0.768. The third-order valence-electron chi connectivity index (χ3n) is 4.68. The van der Waals surface area contributed by atoms with Crippen molar-refractivity contribution in [2.24, 2.45) is 11.7 Å². The molecule has 0 aromatic heterocycles. The minimum absolute atomic E-state index is 0.0383. The van der Waals surface area contributed by atoms with Crippen LogP contribution in [0.15, 0.2) is 18.2 Å². The fourth-order valence-corrected chi connectivity index (χ4v) is 3.76. The van der Waals surface area contributed by atoms with E-state index >= 15 is 0 Å². The van der Waals surface area contributed by atoms with Gasteiger partial charge in [-0.2, -0.15) is 0 Å². The molecule has 1 fully saturated rings. The zero-order valence-electron chi connectivity index (χ0n) is 12.9. The van der Waals surface area contributed by atoms with Crippen molar-refractivity contribution in [3.63, 3.8) is 0 Å². The van der Waals surface area contributed by atoms with Gasteiger partial charge in [0.05, 0.1) is 5.60 Å². The van der Waals surface area contributed by atoms with Gasteiger partial charge in [-0.3, -0.25) is 0 Å². The molecule has 118 valence electrons. The Balaban J connectivity index is 2.13. The van der Waals surface area contributed by atoms with Crippen LogP contribution in [0, 0.1) is 5.92 Å². The maximum Gasteiger partial charge on any atom is 0.0835 e. The average molecular weight is 330 g/mol. The third-order valence-corrected chi connectivity index (χ3v) is 5.27. The van der Waals surface area contributed by atoms with Crippen LogP contribution in [0.3, 0.4) is 0 Å². The molecule has 1 aromatic carbocycles. The predicted octanol–water partition coefficient (Wildman–Crippen LogP) is 4.85. The number of hydrogen-bond acceptors (Lipinski definition) is 2. The number of halogens is 2. The first-order valence-corrected chi connectivity index (χ1v) is 8.56. The van der Waals surface area contributed by atoms with E-state index in [0.29, 0.717) is 16.7 Å². The molecule has 0 radical (unpaired) electrons. The van der Waals surface area contributed by atoms with Crippen LogP contribution in [0.1, 0.15) is 45.1 Å². The Morgan fingerprint density at radius 1 is 1.33 bits per heavy atom. The Morgan fingerprint density at radius 3 is 2.57 bits per heavy atom. The van der Waals surface area contributed by atoms with Gasteiger partial charge in [-0.15, -0.1) is 0 Å². The Kier molecular flexibility index (Phi) is 5.96. The van der Waals surface area contributed by atoms with E-state index in [4.69, 9.17) is 33.7 Å². The van der Waals surface area contributed by atoms with E-state index < -0.39 is 0 Å². The summed E-state index contributed by atoms with van der Waals surface area (Å²) in [6.45, 7) is 5.05. The van der Waals surface area contributed by atoms with Gasteiger partial charge in [0.1, 0.15) is 0 Å². The van der Waals surface area contributed by atoms with Crippen LogP contribution in [0.5, 0.6) is 0 Å². The SMILES string of the molecule is CCOC1(C(N)Cc2ccc(Cl)cc2Cl)CCC(C)CC1. The molecule has 0 amide bonds. The van der Waals surface area contributed by atoms with E-state index in [2.05, 4.69) is 6.92 Å². The van der Waals surface area contributed by atoms with E-state index in [0.717, 1.165) is 30.7 Å². The smallest absolute Gasteiger partial charge is 0.0835 e. The van der Waals surface area contributed by atoms with Crippen molar-refractivity contribution in [1.82, 2.24) is 0 Å².